The van der Waals surface area contributed by atoms with Gasteiger partial charge in [0.25, 0.3) is 0 Å². The van der Waals surface area contributed by atoms with Gasteiger partial charge in [0.2, 0.25) is 0 Å². The van der Waals surface area contributed by atoms with Crippen molar-refractivity contribution in [3.63, 3.8) is 0 Å². The van der Waals surface area contributed by atoms with Crippen LogP contribution in [0.2, 0.25) is 0 Å². The van der Waals surface area contributed by atoms with Crippen LogP contribution in [0.5, 0.6) is 0 Å². The predicted octanol–water partition coefficient (Wildman–Crippen LogP) is -1.04. The van der Waals surface area contributed by atoms with Crippen LogP contribution in [0.25, 0.3) is 0 Å². The summed E-state index contributed by atoms with van der Waals surface area (Å²) in [6, 6.07) is 0. The van der Waals surface area contributed by atoms with Gasteiger partial charge < -0.3 is 20.4 Å². The summed E-state index contributed by atoms with van der Waals surface area (Å²) < 4.78 is 0. The highest BCUT2D eigenvalue weighted by molar-refractivity contribution is 4.99. The lowest BCUT2D eigenvalue weighted by Crippen LogP contribution is -2.17. The molecule has 1 rings (SSSR count). The molecule has 5 heteroatoms. The van der Waals surface area contributed by atoms with Crippen LogP contribution >= 0.6 is 0 Å². The van der Waals surface area contributed by atoms with Gasteiger partial charge in [-0.2, -0.15) is 0 Å². The van der Waals surface area contributed by atoms with E-state index in [1.54, 1.807) is 7.05 Å². The molecule has 0 amide bonds. The van der Waals surface area contributed by atoms with E-state index in [0.717, 1.165) is 0 Å². The van der Waals surface area contributed by atoms with Gasteiger partial charge >= 0.3 is 5.69 Å². The Morgan fingerprint density at radius 1 is 1.82 bits per heavy atom. The Hall–Kier alpha value is -1.07. The molecule has 0 bridgehead atoms. The summed E-state index contributed by atoms with van der Waals surface area (Å²) in [5.41, 5.74) is 0.208. The van der Waals surface area contributed by atoms with Gasteiger partial charge in [-0.3, -0.25) is 0 Å². The molecule has 62 valence electrons. The molecule has 1 aromatic heterocycles. The summed E-state index contributed by atoms with van der Waals surface area (Å²) in [5.74, 6) is 0. The van der Waals surface area contributed by atoms with Crippen molar-refractivity contribution in [3.8, 4) is 0 Å². The first-order valence-corrected chi connectivity index (χ1v) is 3.34. The average Bonchev–Trinajstić information content (AvgIpc) is 2.36. The van der Waals surface area contributed by atoms with Crippen molar-refractivity contribution in [2.75, 3.05) is 13.6 Å². The van der Waals surface area contributed by atoms with Crippen molar-refractivity contribution < 1.29 is 5.11 Å². The number of aliphatic hydroxyl groups excluding tert-OH is 1. The van der Waals surface area contributed by atoms with Crippen LogP contribution in [0, 0.1) is 0 Å². The molecule has 1 heterocycles. The molecule has 0 aliphatic carbocycles. The molecular formula is C6H11N3O2. The summed E-state index contributed by atoms with van der Waals surface area (Å²) >= 11 is 0. The number of hydrogen-bond acceptors (Lipinski definition) is 3. The molecule has 1 aromatic rings. The Bertz CT molecular complexity index is 265. The highest BCUT2D eigenvalue weighted by Gasteiger charge is 2.06. The number of aromatic amines is 2. The quantitative estimate of drug-likeness (QED) is 0.452. The summed E-state index contributed by atoms with van der Waals surface area (Å²) in [6.45, 7) is 0.424. The number of nitrogens with one attached hydrogen (secondary N) is 3. The van der Waals surface area contributed by atoms with Crippen molar-refractivity contribution in [2.45, 2.75) is 6.10 Å². The highest BCUT2D eigenvalue weighted by Crippen LogP contribution is 2.03. The second-order valence-corrected chi connectivity index (χ2v) is 2.27. The third kappa shape index (κ3) is 1.92. The molecular weight excluding hydrogens is 146 g/mol. The molecule has 0 saturated carbocycles. The molecule has 1 atom stereocenters. The van der Waals surface area contributed by atoms with Crippen LogP contribution in [0.1, 0.15) is 11.8 Å². The Morgan fingerprint density at radius 3 is 3.00 bits per heavy atom. The molecule has 0 aromatic carbocycles. The van der Waals surface area contributed by atoms with E-state index in [4.69, 9.17) is 0 Å². The molecule has 0 radical (unpaired) electrons. The maximum atomic E-state index is 10.6. The molecule has 0 spiro atoms. The minimum absolute atomic E-state index is 0.296. The highest BCUT2D eigenvalue weighted by atomic mass is 16.3. The van der Waals surface area contributed by atoms with Gasteiger partial charge in [-0.1, -0.05) is 0 Å². The number of hydrogen-bond donors (Lipinski definition) is 4. The summed E-state index contributed by atoms with van der Waals surface area (Å²) in [6.07, 6.45) is 0.809. The molecule has 5 nitrogen and oxygen atoms in total. The standard InChI is InChI=1S/C6H11N3O2/c1-7-3-5(10)4-2-8-6(11)9-4/h2,5,7,10H,3H2,1H3,(H2,8,9,11). The van der Waals surface area contributed by atoms with Gasteiger partial charge in [0.1, 0.15) is 6.10 Å². The maximum absolute atomic E-state index is 10.6. The molecule has 1 unspecified atom stereocenters. The Balaban J connectivity index is 2.68. The molecule has 11 heavy (non-hydrogen) atoms. The fourth-order valence-corrected chi connectivity index (χ4v) is 0.829. The van der Waals surface area contributed by atoms with E-state index in [2.05, 4.69) is 15.3 Å². The molecule has 4 N–H and O–H groups in total. The van der Waals surface area contributed by atoms with E-state index in [1.165, 1.54) is 6.20 Å². The maximum Gasteiger partial charge on any atom is 0.323 e. The van der Waals surface area contributed by atoms with Gasteiger partial charge in [-0.15, -0.1) is 0 Å². The minimum atomic E-state index is -0.654. The SMILES string of the molecule is CNCC(O)c1c[nH]c(=O)[nH]1. The summed E-state index contributed by atoms with van der Waals surface area (Å²) in [4.78, 5) is 15.4. The van der Waals surface area contributed by atoms with Crippen molar-refractivity contribution in [2.24, 2.45) is 0 Å². The lowest BCUT2D eigenvalue weighted by Gasteiger charge is -2.05. The average molecular weight is 157 g/mol. The zero-order valence-electron chi connectivity index (χ0n) is 6.22. The number of imidazole rings is 1. The number of rotatable bonds is 3. The second kappa shape index (κ2) is 3.36. The third-order valence-electron chi connectivity index (χ3n) is 1.37. The van der Waals surface area contributed by atoms with Crippen LogP contribution in [0.4, 0.5) is 0 Å². The van der Waals surface area contributed by atoms with E-state index >= 15 is 0 Å². The fraction of sp³-hybridized carbons (Fsp3) is 0.500. The van der Waals surface area contributed by atoms with Gasteiger partial charge in [0, 0.05) is 12.7 Å². The lowest BCUT2D eigenvalue weighted by molar-refractivity contribution is 0.173. The first-order valence-electron chi connectivity index (χ1n) is 3.34. The van der Waals surface area contributed by atoms with Gasteiger partial charge in [-0.05, 0) is 7.05 Å². The topological polar surface area (TPSA) is 80.9 Å². The smallest absolute Gasteiger partial charge is 0.323 e. The Kier molecular flexibility index (Phi) is 2.45. The Labute approximate surface area is 63.5 Å². The first kappa shape index (κ1) is 8.03. The largest absolute Gasteiger partial charge is 0.385 e. The normalized spacial score (nSPS) is 13.3. The van der Waals surface area contributed by atoms with Crippen LogP contribution in [-0.2, 0) is 0 Å². The predicted molar refractivity (Wildman–Crippen MR) is 40.3 cm³/mol. The lowest BCUT2D eigenvalue weighted by atomic mass is 10.3. The van der Waals surface area contributed by atoms with Crippen molar-refractivity contribution in [1.29, 1.82) is 0 Å². The number of aromatic nitrogens is 2. The first-order chi connectivity index (χ1) is 5.24. The van der Waals surface area contributed by atoms with Crippen molar-refractivity contribution in [1.82, 2.24) is 15.3 Å². The third-order valence-corrected chi connectivity index (χ3v) is 1.37. The number of aliphatic hydroxyl groups is 1. The molecule has 0 aliphatic heterocycles. The van der Waals surface area contributed by atoms with E-state index in [0.29, 0.717) is 12.2 Å². The minimum Gasteiger partial charge on any atom is -0.385 e. The van der Waals surface area contributed by atoms with Crippen molar-refractivity contribution >= 4 is 0 Å². The monoisotopic (exact) mass is 157 g/mol. The van der Waals surface area contributed by atoms with Gasteiger partial charge in [-0.25, -0.2) is 4.79 Å². The molecule has 0 fully saturated rings. The Morgan fingerprint density at radius 2 is 2.55 bits per heavy atom. The van der Waals surface area contributed by atoms with Gasteiger partial charge in [0.15, 0.2) is 0 Å². The van der Waals surface area contributed by atoms with Crippen LogP contribution in [0.3, 0.4) is 0 Å². The van der Waals surface area contributed by atoms with Gasteiger partial charge in [0.05, 0.1) is 5.69 Å². The second-order valence-electron chi connectivity index (χ2n) is 2.27. The van der Waals surface area contributed by atoms with Crippen LogP contribution in [-0.4, -0.2) is 28.7 Å². The van der Waals surface area contributed by atoms with E-state index in [9.17, 15) is 9.90 Å². The van der Waals surface area contributed by atoms with E-state index in [1.807, 2.05) is 0 Å². The fourth-order valence-electron chi connectivity index (χ4n) is 0.829. The van der Waals surface area contributed by atoms with Crippen LogP contribution < -0.4 is 11.0 Å². The van der Waals surface area contributed by atoms with Crippen LogP contribution in [0.15, 0.2) is 11.0 Å². The molecule has 0 saturated heterocycles. The zero-order chi connectivity index (χ0) is 8.27. The summed E-state index contributed by atoms with van der Waals surface area (Å²) in [5, 5.41) is 12.1. The molecule has 0 aliphatic rings. The van der Waals surface area contributed by atoms with E-state index < -0.39 is 6.10 Å². The number of H-pyrrole nitrogens is 2. The zero-order valence-corrected chi connectivity index (χ0v) is 6.22. The number of likely N-dealkylation sites (N-methyl/N-ethyl adjacent to an activating group) is 1. The summed E-state index contributed by atoms with van der Waals surface area (Å²) in [7, 11) is 1.73. The van der Waals surface area contributed by atoms with Crippen molar-refractivity contribution in [3.05, 3.63) is 22.4 Å². The van der Waals surface area contributed by atoms with E-state index in [-0.39, 0.29) is 5.69 Å².